The third-order valence-corrected chi connectivity index (χ3v) is 6.19. The Morgan fingerprint density at radius 3 is 2.53 bits per heavy atom. The van der Waals surface area contributed by atoms with Crippen LogP contribution in [0.3, 0.4) is 0 Å². The third-order valence-electron chi connectivity index (χ3n) is 5.60. The smallest absolute Gasteiger partial charge is 0.260 e. The number of hydrogen-bond donors (Lipinski definition) is 1. The molecule has 0 aromatic heterocycles. The van der Waals surface area contributed by atoms with Gasteiger partial charge in [-0.1, -0.05) is 0 Å². The number of nitrogens with zero attached hydrogens (tertiary/aromatic N) is 2. The molecule has 0 spiro atoms. The van der Waals surface area contributed by atoms with Gasteiger partial charge < -0.3 is 24.4 Å². The number of methoxy groups -OCH3 is 1. The van der Waals surface area contributed by atoms with Crippen molar-refractivity contribution < 1.29 is 19.0 Å². The number of rotatable bonds is 10. The van der Waals surface area contributed by atoms with Gasteiger partial charge in [0.15, 0.2) is 18.1 Å². The summed E-state index contributed by atoms with van der Waals surface area (Å²) >= 11 is 3.58. The van der Waals surface area contributed by atoms with E-state index in [1.54, 1.807) is 7.11 Å². The van der Waals surface area contributed by atoms with Gasteiger partial charge in [0, 0.05) is 32.7 Å². The van der Waals surface area contributed by atoms with Crippen LogP contribution in [0.4, 0.5) is 0 Å². The third kappa shape index (κ3) is 9.23. The molecule has 1 N–H and O–H groups in total. The quantitative estimate of drug-likeness (QED) is 0.445. The minimum atomic E-state index is 0. The second kappa shape index (κ2) is 16.0. The van der Waals surface area contributed by atoms with Gasteiger partial charge in [0.1, 0.15) is 0 Å². The van der Waals surface area contributed by atoms with E-state index in [2.05, 4.69) is 26.1 Å². The lowest BCUT2D eigenvalue weighted by molar-refractivity contribution is -0.134. The fraction of sp³-hybridized carbons (Fsp3) is 0.682. The lowest BCUT2D eigenvalue weighted by atomic mass is 10.1. The van der Waals surface area contributed by atoms with Gasteiger partial charge in [0.2, 0.25) is 0 Å². The summed E-state index contributed by atoms with van der Waals surface area (Å²) in [5.74, 6) is 1.26. The van der Waals surface area contributed by atoms with Gasteiger partial charge in [-0.15, -0.1) is 24.8 Å². The number of morpholine rings is 1. The van der Waals surface area contributed by atoms with Gasteiger partial charge in [0.05, 0.1) is 24.8 Å². The molecule has 1 aromatic carbocycles. The number of halogens is 3. The number of nitrogens with one attached hydrogen (secondary N) is 1. The molecule has 184 valence electrons. The molecule has 32 heavy (non-hydrogen) atoms. The Balaban J connectivity index is 0.00000256. The predicted octanol–water partition coefficient (Wildman–Crippen LogP) is 3.50. The Kier molecular flexibility index (Phi) is 14.6. The molecule has 0 unspecified atom stereocenters. The molecule has 7 nitrogen and oxygen atoms in total. The zero-order chi connectivity index (χ0) is 21.2. The Bertz CT molecular complexity index is 687. The summed E-state index contributed by atoms with van der Waals surface area (Å²) in [5, 5.41) is 3.50. The van der Waals surface area contributed by atoms with Gasteiger partial charge >= 0.3 is 0 Å². The zero-order valence-electron chi connectivity index (χ0n) is 18.8. The monoisotopic (exact) mass is 555 g/mol. The number of benzene rings is 1. The number of hydrogen-bond acceptors (Lipinski definition) is 6. The van der Waals surface area contributed by atoms with Crippen molar-refractivity contribution in [1.82, 2.24) is 15.1 Å². The van der Waals surface area contributed by atoms with Gasteiger partial charge in [-0.3, -0.25) is 9.69 Å². The molecule has 2 saturated heterocycles. The Labute approximate surface area is 212 Å². The summed E-state index contributed by atoms with van der Waals surface area (Å²) in [4.78, 5) is 16.7. The molecule has 2 fully saturated rings. The number of carbonyl (C=O) groups excluding carboxylic acids is 1. The highest BCUT2D eigenvalue weighted by molar-refractivity contribution is 9.10. The summed E-state index contributed by atoms with van der Waals surface area (Å²) in [6.07, 6.45) is 4.46. The van der Waals surface area contributed by atoms with E-state index < -0.39 is 0 Å². The first-order valence-corrected chi connectivity index (χ1v) is 11.7. The van der Waals surface area contributed by atoms with Crippen LogP contribution in [-0.4, -0.2) is 81.9 Å². The summed E-state index contributed by atoms with van der Waals surface area (Å²) in [6, 6.07) is 4.00. The summed E-state index contributed by atoms with van der Waals surface area (Å²) < 4.78 is 17.6. The molecule has 0 radical (unpaired) electrons. The van der Waals surface area contributed by atoms with Gasteiger partial charge in [-0.25, -0.2) is 0 Å². The first-order chi connectivity index (χ1) is 14.7. The molecule has 0 atom stereocenters. The Morgan fingerprint density at radius 2 is 1.84 bits per heavy atom. The standard InChI is InChI=1S/C22H34BrN3O4.2ClH/c1-28-20-15-18(16-24-6-5-7-25-10-12-29-13-11-25)14-19(23)22(20)30-17-21(27)26-8-3-2-4-9-26;;/h14-15,24H,2-13,16-17H2,1H3;2*1H. The van der Waals surface area contributed by atoms with E-state index >= 15 is 0 Å². The maximum atomic E-state index is 12.4. The van der Waals surface area contributed by atoms with E-state index in [9.17, 15) is 4.79 Å². The lowest BCUT2D eigenvalue weighted by Gasteiger charge is -2.26. The van der Waals surface area contributed by atoms with Crippen LogP contribution in [0.25, 0.3) is 0 Å². The maximum absolute atomic E-state index is 12.4. The van der Waals surface area contributed by atoms with Crippen molar-refractivity contribution in [3.8, 4) is 11.5 Å². The SMILES string of the molecule is COc1cc(CNCCCN2CCOCC2)cc(Br)c1OCC(=O)N1CCCCC1.Cl.Cl. The van der Waals surface area contributed by atoms with Crippen molar-refractivity contribution in [1.29, 1.82) is 0 Å². The molecular weight excluding hydrogens is 521 g/mol. The Hall–Kier alpha value is -0.770. The number of ether oxygens (including phenoxy) is 3. The van der Waals surface area contributed by atoms with E-state index in [0.29, 0.717) is 11.5 Å². The molecule has 0 aliphatic carbocycles. The minimum Gasteiger partial charge on any atom is -0.493 e. The van der Waals surface area contributed by atoms with Crippen LogP contribution >= 0.6 is 40.7 Å². The van der Waals surface area contributed by atoms with Crippen LogP contribution in [0.1, 0.15) is 31.2 Å². The molecular formula is C22H36BrCl2N3O4. The number of piperidine rings is 1. The summed E-state index contributed by atoms with van der Waals surface area (Å²) in [7, 11) is 1.63. The first kappa shape index (κ1) is 29.3. The molecule has 10 heteroatoms. The van der Waals surface area contributed by atoms with Gasteiger partial charge in [-0.2, -0.15) is 0 Å². The van der Waals surface area contributed by atoms with Gasteiger partial charge in [-0.05, 0) is 72.4 Å². The van der Waals surface area contributed by atoms with E-state index in [1.165, 1.54) is 6.42 Å². The average molecular weight is 557 g/mol. The molecule has 1 aromatic rings. The van der Waals surface area contributed by atoms with Crippen LogP contribution < -0.4 is 14.8 Å². The first-order valence-electron chi connectivity index (χ1n) is 10.9. The van der Waals surface area contributed by atoms with Gasteiger partial charge in [0.25, 0.3) is 5.91 Å². The molecule has 1 amide bonds. The van der Waals surface area contributed by atoms with Crippen LogP contribution in [0.15, 0.2) is 16.6 Å². The molecule has 0 bridgehead atoms. The van der Waals surface area contributed by atoms with Crippen LogP contribution in [0.5, 0.6) is 11.5 Å². The van der Waals surface area contributed by atoms with Crippen LogP contribution in [-0.2, 0) is 16.1 Å². The number of carbonyl (C=O) groups is 1. The van der Waals surface area contributed by atoms with Crippen molar-refractivity contribution in [3.05, 3.63) is 22.2 Å². The van der Waals surface area contributed by atoms with E-state index in [0.717, 1.165) is 88.3 Å². The van der Waals surface area contributed by atoms with Crippen molar-refractivity contribution >= 4 is 46.7 Å². The average Bonchev–Trinajstić information content (AvgIpc) is 2.79. The second-order valence-electron chi connectivity index (χ2n) is 7.82. The number of likely N-dealkylation sites (tertiary alicyclic amines) is 1. The lowest BCUT2D eigenvalue weighted by Crippen LogP contribution is -2.38. The zero-order valence-corrected chi connectivity index (χ0v) is 22.0. The van der Waals surface area contributed by atoms with E-state index in [1.807, 2.05) is 17.0 Å². The highest BCUT2D eigenvalue weighted by Crippen LogP contribution is 2.36. The fourth-order valence-corrected chi connectivity index (χ4v) is 4.47. The maximum Gasteiger partial charge on any atom is 0.260 e. The molecule has 2 aliphatic rings. The van der Waals surface area contributed by atoms with Crippen molar-refractivity contribution in [2.24, 2.45) is 0 Å². The number of amides is 1. The van der Waals surface area contributed by atoms with Crippen LogP contribution in [0.2, 0.25) is 0 Å². The molecule has 0 saturated carbocycles. The van der Waals surface area contributed by atoms with E-state index in [-0.39, 0.29) is 37.3 Å². The summed E-state index contributed by atoms with van der Waals surface area (Å²) in [6.45, 7) is 8.27. The second-order valence-corrected chi connectivity index (χ2v) is 8.68. The van der Waals surface area contributed by atoms with Crippen LogP contribution in [0, 0.1) is 0 Å². The van der Waals surface area contributed by atoms with Crippen molar-refractivity contribution in [2.75, 3.05) is 66.2 Å². The highest BCUT2D eigenvalue weighted by Gasteiger charge is 2.19. The van der Waals surface area contributed by atoms with Crippen molar-refractivity contribution in [2.45, 2.75) is 32.2 Å². The highest BCUT2D eigenvalue weighted by atomic mass is 79.9. The molecule has 2 aliphatic heterocycles. The van der Waals surface area contributed by atoms with E-state index in [4.69, 9.17) is 14.2 Å². The minimum absolute atomic E-state index is 0. The topological polar surface area (TPSA) is 63.3 Å². The summed E-state index contributed by atoms with van der Waals surface area (Å²) in [5.41, 5.74) is 1.11. The molecule has 2 heterocycles. The molecule has 3 rings (SSSR count). The predicted molar refractivity (Wildman–Crippen MR) is 135 cm³/mol. The van der Waals surface area contributed by atoms with Crippen molar-refractivity contribution in [3.63, 3.8) is 0 Å². The largest absolute Gasteiger partial charge is 0.493 e. The fourth-order valence-electron chi connectivity index (χ4n) is 3.87. The Morgan fingerprint density at radius 1 is 1.12 bits per heavy atom. The normalized spacial score (nSPS) is 16.6.